The molecule has 2 N–H and O–H groups in total. The zero-order valence-electron chi connectivity index (χ0n) is 16.9. The van der Waals surface area contributed by atoms with Crippen molar-refractivity contribution in [1.29, 1.82) is 0 Å². The number of nitrogens with zero attached hydrogens (tertiary/aromatic N) is 3. The van der Waals surface area contributed by atoms with Crippen LogP contribution in [0.25, 0.3) is 23.2 Å². The molecule has 0 radical (unpaired) electrons. The summed E-state index contributed by atoms with van der Waals surface area (Å²) in [4.78, 5) is 16.8. The molecular weight excluding hydrogens is 382 g/mol. The summed E-state index contributed by atoms with van der Waals surface area (Å²) in [6, 6.07) is 26.6. The molecule has 0 amide bonds. The fourth-order valence-electron chi connectivity index (χ4n) is 3.46. The van der Waals surface area contributed by atoms with Crippen molar-refractivity contribution < 1.29 is 0 Å². The number of H-pyrrole nitrogens is 1. The Morgan fingerprint density at radius 1 is 0.871 bits per heavy atom. The van der Waals surface area contributed by atoms with Crippen molar-refractivity contribution in [3.63, 3.8) is 0 Å². The number of aromatic amines is 1. The molecule has 0 spiro atoms. The third-order valence-corrected chi connectivity index (χ3v) is 5.00. The lowest BCUT2D eigenvalue weighted by atomic mass is 10.1. The van der Waals surface area contributed by atoms with Crippen molar-refractivity contribution in [2.45, 2.75) is 6.42 Å². The van der Waals surface area contributed by atoms with E-state index < -0.39 is 0 Å². The van der Waals surface area contributed by atoms with Crippen LogP contribution < -0.4 is 5.32 Å². The van der Waals surface area contributed by atoms with Gasteiger partial charge in [-0.1, -0.05) is 66.7 Å². The first-order valence-electron chi connectivity index (χ1n) is 10.2. The van der Waals surface area contributed by atoms with Crippen LogP contribution in [0.3, 0.4) is 0 Å². The van der Waals surface area contributed by atoms with Crippen molar-refractivity contribution in [3.8, 4) is 0 Å². The molecule has 150 valence electrons. The van der Waals surface area contributed by atoms with E-state index in [1.165, 1.54) is 5.56 Å². The second-order valence-corrected chi connectivity index (χ2v) is 7.27. The molecule has 0 fully saturated rings. The standard InChI is InChI=1S/C26H21N5/c1-3-7-19(8-4-1)11-12-21-17-27-18-28-26(21)29-22-13-14-23-24(16-22)31-25(30-23)15-20-9-5-2-6-10-20/h1-14,16-18H,15H2,(H,30,31)(H,27,28,29). The van der Waals surface area contributed by atoms with Crippen LogP contribution in [0, 0.1) is 0 Å². The monoisotopic (exact) mass is 403 g/mol. The van der Waals surface area contributed by atoms with Gasteiger partial charge in [-0.3, -0.25) is 0 Å². The SMILES string of the molecule is C(=Cc1cncnc1Nc1ccc2[nH]c(Cc3ccccc3)nc2c1)c1ccccc1. The van der Waals surface area contributed by atoms with Gasteiger partial charge in [0, 0.05) is 23.9 Å². The van der Waals surface area contributed by atoms with Crippen LogP contribution >= 0.6 is 0 Å². The second kappa shape index (κ2) is 8.63. The predicted octanol–water partition coefficient (Wildman–Crippen LogP) is 5.86. The summed E-state index contributed by atoms with van der Waals surface area (Å²) in [6.45, 7) is 0. The highest BCUT2D eigenvalue weighted by atomic mass is 15.0. The molecule has 5 nitrogen and oxygen atoms in total. The maximum atomic E-state index is 4.77. The normalized spacial score (nSPS) is 11.2. The molecule has 2 aromatic heterocycles. The summed E-state index contributed by atoms with van der Waals surface area (Å²) >= 11 is 0. The topological polar surface area (TPSA) is 66.5 Å². The average Bonchev–Trinajstić information content (AvgIpc) is 3.21. The molecule has 0 aliphatic carbocycles. The van der Waals surface area contributed by atoms with E-state index in [1.54, 1.807) is 12.5 Å². The highest BCUT2D eigenvalue weighted by Gasteiger charge is 2.07. The molecule has 3 aromatic carbocycles. The van der Waals surface area contributed by atoms with Crippen LogP contribution in [0.4, 0.5) is 11.5 Å². The van der Waals surface area contributed by atoms with Crippen molar-refractivity contribution in [2.24, 2.45) is 0 Å². The van der Waals surface area contributed by atoms with E-state index in [0.717, 1.165) is 45.9 Å². The van der Waals surface area contributed by atoms with Gasteiger partial charge < -0.3 is 10.3 Å². The molecule has 5 heteroatoms. The van der Waals surface area contributed by atoms with Gasteiger partial charge in [-0.05, 0) is 35.4 Å². The Hall–Kier alpha value is -4.25. The Balaban J connectivity index is 1.38. The van der Waals surface area contributed by atoms with E-state index in [2.05, 4.69) is 50.6 Å². The maximum absolute atomic E-state index is 4.77. The van der Waals surface area contributed by atoms with Gasteiger partial charge in [0.15, 0.2) is 0 Å². The average molecular weight is 403 g/mol. The molecule has 5 rings (SSSR count). The van der Waals surface area contributed by atoms with E-state index in [9.17, 15) is 0 Å². The first-order chi connectivity index (χ1) is 15.3. The van der Waals surface area contributed by atoms with Crippen LogP contribution in [0.15, 0.2) is 91.4 Å². The number of hydrogen-bond acceptors (Lipinski definition) is 4. The summed E-state index contributed by atoms with van der Waals surface area (Å²) in [5.41, 5.74) is 6.14. The van der Waals surface area contributed by atoms with Gasteiger partial charge in [0.05, 0.1) is 11.0 Å². The van der Waals surface area contributed by atoms with Gasteiger partial charge in [-0.15, -0.1) is 0 Å². The van der Waals surface area contributed by atoms with E-state index in [4.69, 9.17) is 4.98 Å². The van der Waals surface area contributed by atoms with Crippen LogP contribution in [-0.4, -0.2) is 19.9 Å². The molecule has 31 heavy (non-hydrogen) atoms. The lowest BCUT2D eigenvalue weighted by Crippen LogP contribution is -1.97. The van der Waals surface area contributed by atoms with Crippen LogP contribution in [0.5, 0.6) is 0 Å². The maximum Gasteiger partial charge on any atom is 0.141 e. The summed E-state index contributed by atoms with van der Waals surface area (Å²) in [6.07, 6.45) is 8.20. The van der Waals surface area contributed by atoms with Gasteiger partial charge in [0.2, 0.25) is 0 Å². The summed E-state index contributed by atoms with van der Waals surface area (Å²) in [5.74, 6) is 1.70. The minimum absolute atomic E-state index is 0.751. The largest absolute Gasteiger partial charge is 0.342 e. The third kappa shape index (κ3) is 4.51. The Kier molecular flexibility index (Phi) is 5.22. The van der Waals surface area contributed by atoms with Crippen LogP contribution in [-0.2, 0) is 6.42 Å². The molecular formula is C26H21N5. The van der Waals surface area contributed by atoms with E-state index >= 15 is 0 Å². The van der Waals surface area contributed by atoms with Crippen molar-refractivity contribution in [1.82, 2.24) is 19.9 Å². The van der Waals surface area contributed by atoms with Crippen molar-refractivity contribution in [2.75, 3.05) is 5.32 Å². The Morgan fingerprint density at radius 2 is 1.68 bits per heavy atom. The van der Waals surface area contributed by atoms with E-state index in [-0.39, 0.29) is 0 Å². The quantitative estimate of drug-likeness (QED) is 0.373. The molecule has 0 aliphatic rings. The smallest absolute Gasteiger partial charge is 0.141 e. The number of hydrogen-bond donors (Lipinski definition) is 2. The van der Waals surface area contributed by atoms with E-state index in [0.29, 0.717) is 0 Å². The number of anilines is 2. The molecule has 0 aliphatic heterocycles. The first-order valence-corrected chi connectivity index (χ1v) is 10.2. The molecule has 0 bridgehead atoms. The number of benzene rings is 3. The van der Waals surface area contributed by atoms with Crippen LogP contribution in [0.1, 0.15) is 22.5 Å². The number of rotatable bonds is 6. The van der Waals surface area contributed by atoms with Gasteiger partial charge in [-0.25, -0.2) is 15.0 Å². The lowest BCUT2D eigenvalue weighted by Gasteiger charge is -2.08. The fourth-order valence-corrected chi connectivity index (χ4v) is 3.46. The van der Waals surface area contributed by atoms with Gasteiger partial charge >= 0.3 is 0 Å². The Bertz CT molecular complexity index is 1320. The minimum Gasteiger partial charge on any atom is -0.342 e. The number of imidazole rings is 1. The van der Waals surface area contributed by atoms with Crippen LogP contribution in [0.2, 0.25) is 0 Å². The molecule has 2 heterocycles. The lowest BCUT2D eigenvalue weighted by molar-refractivity contribution is 1.04. The fraction of sp³-hybridized carbons (Fsp3) is 0.0385. The van der Waals surface area contributed by atoms with Gasteiger partial charge in [0.25, 0.3) is 0 Å². The Labute approximate surface area is 180 Å². The van der Waals surface area contributed by atoms with Gasteiger partial charge in [-0.2, -0.15) is 0 Å². The number of nitrogens with one attached hydrogen (secondary N) is 2. The molecule has 0 unspecified atom stereocenters. The van der Waals surface area contributed by atoms with Crippen molar-refractivity contribution >= 4 is 34.7 Å². The Morgan fingerprint density at radius 3 is 2.52 bits per heavy atom. The van der Waals surface area contributed by atoms with Gasteiger partial charge in [0.1, 0.15) is 18.0 Å². The van der Waals surface area contributed by atoms with Crippen molar-refractivity contribution in [3.05, 3.63) is 114 Å². The summed E-state index contributed by atoms with van der Waals surface area (Å²) in [5, 5.41) is 3.40. The molecule has 5 aromatic rings. The summed E-state index contributed by atoms with van der Waals surface area (Å²) < 4.78 is 0. The zero-order chi connectivity index (χ0) is 20.9. The number of aromatic nitrogens is 4. The first kappa shape index (κ1) is 18.8. The number of fused-ring (bicyclic) bond motifs is 1. The summed E-state index contributed by atoms with van der Waals surface area (Å²) in [7, 11) is 0. The predicted molar refractivity (Wildman–Crippen MR) is 126 cm³/mol. The minimum atomic E-state index is 0.751. The molecule has 0 saturated heterocycles. The molecule has 0 atom stereocenters. The third-order valence-electron chi connectivity index (χ3n) is 5.00. The van der Waals surface area contributed by atoms with E-state index in [1.807, 2.05) is 60.7 Å². The molecule has 0 saturated carbocycles. The second-order valence-electron chi connectivity index (χ2n) is 7.27. The highest BCUT2D eigenvalue weighted by molar-refractivity contribution is 5.82. The zero-order valence-corrected chi connectivity index (χ0v) is 16.9. The highest BCUT2D eigenvalue weighted by Crippen LogP contribution is 2.23.